The Hall–Kier alpha value is -3.09. The fourth-order valence-electron chi connectivity index (χ4n) is 1.98. The van der Waals surface area contributed by atoms with Crippen LogP contribution in [-0.2, 0) is 0 Å². The first-order valence-electron chi connectivity index (χ1n) is 6.77. The Morgan fingerprint density at radius 2 is 1.77 bits per heavy atom. The summed E-state index contributed by atoms with van der Waals surface area (Å²) in [5.74, 6) is 2.25. The highest BCUT2D eigenvalue weighted by atomic mass is 16.5. The van der Waals surface area contributed by atoms with Crippen LogP contribution < -0.4 is 16.4 Å². The summed E-state index contributed by atoms with van der Waals surface area (Å²) < 4.78 is 5.01. The van der Waals surface area contributed by atoms with E-state index in [1.54, 1.807) is 6.07 Å². The van der Waals surface area contributed by atoms with Crippen LogP contribution in [0.5, 0.6) is 0 Å². The number of nitrogens with two attached hydrogens (primary N) is 1. The Morgan fingerprint density at radius 1 is 1.05 bits per heavy atom. The monoisotopic (exact) mass is 296 g/mol. The molecule has 112 valence electrons. The number of hydrogen-bond acceptors (Lipinski definition) is 7. The molecule has 0 fully saturated rings. The van der Waals surface area contributed by atoms with Crippen molar-refractivity contribution >= 4 is 28.8 Å². The fraction of sp³-hybridized carbons (Fsp3) is 0.133. The topological polar surface area (TPSA) is 102 Å². The predicted octanol–water partition coefficient (Wildman–Crippen LogP) is 3.15. The van der Waals surface area contributed by atoms with E-state index in [9.17, 15) is 0 Å². The summed E-state index contributed by atoms with van der Waals surface area (Å²) >= 11 is 0. The Kier molecular flexibility index (Phi) is 3.61. The quantitative estimate of drug-likeness (QED) is 0.679. The molecule has 4 N–H and O–H groups in total. The van der Waals surface area contributed by atoms with Gasteiger partial charge in [0, 0.05) is 11.8 Å². The number of nitrogens with one attached hydrogen (secondary N) is 2. The summed E-state index contributed by atoms with van der Waals surface area (Å²) in [5.41, 5.74) is 8.58. The molecule has 0 aliphatic carbocycles. The van der Waals surface area contributed by atoms with Crippen molar-refractivity contribution in [3.63, 3.8) is 0 Å². The van der Waals surface area contributed by atoms with Gasteiger partial charge in [-0.1, -0.05) is 23.4 Å². The van der Waals surface area contributed by atoms with E-state index in [1.807, 2.05) is 38.1 Å². The number of para-hydroxylation sites is 1. The average Bonchev–Trinajstić information content (AvgIpc) is 2.91. The van der Waals surface area contributed by atoms with Crippen molar-refractivity contribution in [2.75, 3.05) is 16.4 Å². The summed E-state index contributed by atoms with van der Waals surface area (Å²) in [5, 5.41) is 10.1. The van der Waals surface area contributed by atoms with Crippen molar-refractivity contribution in [3.05, 3.63) is 48.0 Å². The van der Waals surface area contributed by atoms with Gasteiger partial charge in [0.2, 0.25) is 0 Å². The normalized spacial score (nSPS) is 10.5. The molecule has 2 aromatic heterocycles. The fourth-order valence-corrected chi connectivity index (χ4v) is 1.98. The molecule has 22 heavy (non-hydrogen) atoms. The second kappa shape index (κ2) is 5.72. The van der Waals surface area contributed by atoms with Gasteiger partial charge in [0.15, 0.2) is 17.5 Å². The molecular weight excluding hydrogens is 280 g/mol. The number of nitrogens with zero attached hydrogens (tertiary/aromatic N) is 3. The molecule has 0 saturated carbocycles. The van der Waals surface area contributed by atoms with Crippen LogP contribution in [0.2, 0.25) is 0 Å². The Bertz CT molecular complexity index is 798. The molecule has 0 saturated heterocycles. The molecule has 0 atom stereocenters. The van der Waals surface area contributed by atoms with E-state index < -0.39 is 0 Å². The highest BCUT2D eigenvalue weighted by molar-refractivity contribution is 5.80. The minimum atomic E-state index is 0.409. The zero-order valence-corrected chi connectivity index (χ0v) is 12.3. The first kappa shape index (κ1) is 13.9. The van der Waals surface area contributed by atoms with Crippen LogP contribution in [0.3, 0.4) is 0 Å². The molecule has 0 radical (unpaired) electrons. The van der Waals surface area contributed by atoms with Crippen LogP contribution in [0.25, 0.3) is 0 Å². The van der Waals surface area contributed by atoms with Crippen molar-refractivity contribution in [2.45, 2.75) is 13.8 Å². The molecule has 0 bridgehead atoms. The van der Waals surface area contributed by atoms with Gasteiger partial charge >= 0.3 is 0 Å². The largest absolute Gasteiger partial charge is 0.393 e. The van der Waals surface area contributed by atoms with E-state index in [0.29, 0.717) is 28.9 Å². The number of rotatable bonds is 4. The van der Waals surface area contributed by atoms with Crippen LogP contribution in [0, 0.1) is 13.8 Å². The minimum absolute atomic E-state index is 0.409. The summed E-state index contributed by atoms with van der Waals surface area (Å²) in [7, 11) is 0. The molecule has 7 nitrogen and oxygen atoms in total. The maximum atomic E-state index is 6.13. The standard InChI is InChI=1S/C15H16N6O/c1-9-5-3-4-6-11(9)19-14-13(16)15(18-8-17-14)20-12-7-10(2)22-21-12/h3-8H,16H2,1-2H3,(H2,17,18,19,20,21). The number of nitrogen functional groups attached to an aromatic ring is 1. The number of benzene rings is 1. The molecule has 7 heteroatoms. The van der Waals surface area contributed by atoms with Crippen LogP contribution >= 0.6 is 0 Å². The number of hydrogen-bond donors (Lipinski definition) is 3. The minimum Gasteiger partial charge on any atom is -0.393 e. The van der Waals surface area contributed by atoms with Gasteiger partial charge < -0.3 is 20.9 Å². The van der Waals surface area contributed by atoms with E-state index in [-0.39, 0.29) is 0 Å². The average molecular weight is 296 g/mol. The van der Waals surface area contributed by atoms with E-state index >= 15 is 0 Å². The third kappa shape index (κ3) is 2.83. The van der Waals surface area contributed by atoms with Gasteiger partial charge in [-0.2, -0.15) is 0 Å². The van der Waals surface area contributed by atoms with Gasteiger partial charge in [0.1, 0.15) is 17.8 Å². The van der Waals surface area contributed by atoms with Crippen LogP contribution in [0.4, 0.5) is 28.8 Å². The zero-order valence-electron chi connectivity index (χ0n) is 12.3. The number of anilines is 5. The predicted molar refractivity (Wildman–Crippen MR) is 85.4 cm³/mol. The summed E-state index contributed by atoms with van der Waals surface area (Å²) in [6, 6.07) is 9.66. The summed E-state index contributed by atoms with van der Waals surface area (Å²) in [6.07, 6.45) is 1.44. The van der Waals surface area contributed by atoms with Crippen LogP contribution in [0.15, 0.2) is 41.2 Å². The highest BCUT2D eigenvalue weighted by Gasteiger charge is 2.11. The second-order valence-electron chi connectivity index (χ2n) is 4.87. The van der Waals surface area contributed by atoms with Gasteiger partial charge in [0.25, 0.3) is 0 Å². The number of aryl methyl sites for hydroxylation is 2. The lowest BCUT2D eigenvalue weighted by Crippen LogP contribution is -2.05. The van der Waals surface area contributed by atoms with E-state index in [1.165, 1.54) is 6.33 Å². The smallest absolute Gasteiger partial charge is 0.175 e. The lowest BCUT2D eigenvalue weighted by Gasteiger charge is -2.12. The van der Waals surface area contributed by atoms with Crippen molar-refractivity contribution < 1.29 is 4.52 Å². The lowest BCUT2D eigenvalue weighted by atomic mass is 10.2. The first-order chi connectivity index (χ1) is 10.6. The Balaban J connectivity index is 1.87. The number of aromatic nitrogens is 3. The molecule has 1 aromatic carbocycles. The van der Waals surface area contributed by atoms with Crippen molar-refractivity contribution in [1.82, 2.24) is 15.1 Å². The Labute approximate surface area is 127 Å². The maximum absolute atomic E-state index is 6.13. The molecule has 3 aromatic rings. The van der Waals surface area contributed by atoms with E-state index in [2.05, 4.69) is 25.8 Å². The maximum Gasteiger partial charge on any atom is 0.175 e. The molecule has 0 aliphatic rings. The van der Waals surface area contributed by atoms with Gasteiger partial charge in [-0.3, -0.25) is 0 Å². The van der Waals surface area contributed by atoms with Gasteiger partial charge in [-0.15, -0.1) is 0 Å². The molecule has 0 unspecified atom stereocenters. The SMILES string of the molecule is Cc1cc(Nc2ncnc(Nc3ccccc3C)c2N)no1. The van der Waals surface area contributed by atoms with E-state index in [0.717, 1.165) is 11.3 Å². The lowest BCUT2D eigenvalue weighted by molar-refractivity contribution is 0.400. The first-order valence-corrected chi connectivity index (χ1v) is 6.77. The van der Waals surface area contributed by atoms with Crippen LogP contribution in [-0.4, -0.2) is 15.1 Å². The molecular formula is C15H16N6O. The van der Waals surface area contributed by atoms with E-state index in [4.69, 9.17) is 10.3 Å². The van der Waals surface area contributed by atoms with Gasteiger partial charge in [0.05, 0.1) is 0 Å². The van der Waals surface area contributed by atoms with Gasteiger partial charge in [-0.25, -0.2) is 9.97 Å². The molecule has 2 heterocycles. The van der Waals surface area contributed by atoms with Crippen molar-refractivity contribution in [3.8, 4) is 0 Å². The molecule has 0 amide bonds. The molecule has 3 rings (SSSR count). The summed E-state index contributed by atoms with van der Waals surface area (Å²) in [6.45, 7) is 3.82. The summed E-state index contributed by atoms with van der Waals surface area (Å²) in [4.78, 5) is 8.33. The third-order valence-electron chi connectivity index (χ3n) is 3.16. The molecule has 0 spiro atoms. The Morgan fingerprint density at radius 3 is 2.45 bits per heavy atom. The second-order valence-corrected chi connectivity index (χ2v) is 4.87. The molecule has 0 aliphatic heterocycles. The third-order valence-corrected chi connectivity index (χ3v) is 3.16. The zero-order chi connectivity index (χ0) is 15.5. The van der Waals surface area contributed by atoms with Crippen LogP contribution in [0.1, 0.15) is 11.3 Å². The van der Waals surface area contributed by atoms with Crippen molar-refractivity contribution in [1.29, 1.82) is 0 Å². The highest BCUT2D eigenvalue weighted by Crippen LogP contribution is 2.28. The van der Waals surface area contributed by atoms with Gasteiger partial charge in [-0.05, 0) is 25.5 Å². The van der Waals surface area contributed by atoms with Crippen molar-refractivity contribution in [2.24, 2.45) is 0 Å².